The van der Waals surface area contributed by atoms with Crippen LogP contribution in [0.4, 0.5) is 4.39 Å². The molecule has 25 heavy (non-hydrogen) atoms. The number of carbonyl (C=O) groups excluding carboxylic acids is 1. The van der Waals surface area contributed by atoms with Crippen molar-refractivity contribution in [3.05, 3.63) is 47.1 Å². The lowest BCUT2D eigenvalue weighted by atomic mass is 9.85. The highest BCUT2D eigenvalue weighted by molar-refractivity contribution is 6.28. The molecule has 1 aromatic heterocycles. The fourth-order valence-electron chi connectivity index (χ4n) is 2.46. The number of hydrogen-bond donors (Lipinski definition) is 0. The molecule has 0 amide bonds. The maximum absolute atomic E-state index is 14.0. The van der Waals surface area contributed by atoms with Crippen molar-refractivity contribution >= 4 is 17.6 Å². The molecule has 0 radical (unpaired) electrons. The Hall–Kier alpha value is -2.01. The fraction of sp³-hybridized carbons (Fsp3) is 0.421. The lowest BCUT2D eigenvalue weighted by Crippen LogP contribution is -2.29. The summed E-state index contributed by atoms with van der Waals surface area (Å²) < 4.78 is 19.3. The Bertz CT molecular complexity index is 750. The average Bonchev–Trinajstić information content (AvgIpc) is 2.57. The van der Waals surface area contributed by atoms with Crippen LogP contribution in [0.25, 0.3) is 11.3 Å². The largest absolute Gasteiger partial charge is 0.465 e. The molecule has 0 saturated heterocycles. The minimum absolute atomic E-state index is 0.0124. The zero-order valence-corrected chi connectivity index (χ0v) is 15.4. The SMILES string of the molecule is CCCCOC(=O)C(C)(C)Cc1cccc(-c2nc(Cl)ncc2F)c1. The number of benzene rings is 1. The molecule has 0 aliphatic rings. The average molecular weight is 365 g/mol. The van der Waals surface area contributed by atoms with E-state index in [2.05, 4.69) is 9.97 Å². The zero-order valence-electron chi connectivity index (χ0n) is 14.7. The smallest absolute Gasteiger partial charge is 0.311 e. The molecule has 2 rings (SSSR count). The van der Waals surface area contributed by atoms with Crippen molar-refractivity contribution in [2.24, 2.45) is 5.41 Å². The van der Waals surface area contributed by atoms with E-state index in [4.69, 9.17) is 16.3 Å². The number of esters is 1. The summed E-state index contributed by atoms with van der Waals surface area (Å²) in [6.07, 6.45) is 3.35. The first-order valence-electron chi connectivity index (χ1n) is 8.28. The van der Waals surface area contributed by atoms with Crippen molar-refractivity contribution in [2.45, 2.75) is 40.0 Å². The van der Waals surface area contributed by atoms with E-state index < -0.39 is 11.2 Å². The normalized spacial score (nSPS) is 11.4. The summed E-state index contributed by atoms with van der Waals surface area (Å²) in [7, 11) is 0. The number of unbranched alkanes of at least 4 members (excludes halogenated alkanes) is 1. The van der Waals surface area contributed by atoms with Gasteiger partial charge in [0.15, 0.2) is 5.82 Å². The number of rotatable bonds is 7. The van der Waals surface area contributed by atoms with Crippen molar-refractivity contribution in [1.82, 2.24) is 9.97 Å². The Labute approximate surface area is 152 Å². The van der Waals surface area contributed by atoms with Crippen LogP contribution in [0.1, 0.15) is 39.2 Å². The van der Waals surface area contributed by atoms with Gasteiger partial charge in [-0.05, 0) is 49.9 Å². The van der Waals surface area contributed by atoms with Crippen LogP contribution in [-0.2, 0) is 16.0 Å². The highest BCUT2D eigenvalue weighted by Gasteiger charge is 2.29. The van der Waals surface area contributed by atoms with Gasteiger partial charge in [0, 0.05) is 5.56 Å². The number of halogens is 2. The molecule has 2 aromatic rings. The van der Waals surface area contributed by atoms with Gasteiger partial charge in [-0.2, -0.15) is 0 Å². The van der Waals surface area contributed by atoms with Crippen LogP contribution in [-0.4, -0.2) is 22.5 Å². The summed E-state index contributed by atoms with van der Waals surface area (Å²) in [5.74, 6) is -0.776. The number of hydrogen-bond acceptors (Lipinski definition) is 4. The summed E-state index contributed by atoms with van der Waals surface area (Å²) in [6, 6.07) is 7.25. The molecule has 0 spiro atoms. The molecular formula is C19H22ClFN2O2. The Balaban J connectivity index is 2.18. The molecule has 0 atom stereocenters. The van der Waals surface area contributed by atoms with E-state index in [0.29, 0.717) is 18.6 Å². The van der Waals surface area contributed by atoms with Crippen LogP contribution in [0.15, 0.2) is 30.5 Å². The third-order valence-electron chi connectivity index (χ3n) is 3.84. The van der Waals surface area contributed by atoms with E-state index in [1.807, 2.05) is 32.9 Å². The van der Waals surface area contributed by atoms with E-state index in [-0.39, 0.29) is 16.9 Å². The van der Waals surface area contributed by atoms with Crippen molar-refractivity contribution in [2.75, 3.05) is 6.61 Å². The van der Waals surface area contributed by atoms with Gasteiger partial charge in [-0.15, -0.1) is 0 Å². The van der Waals surface area contributed by atoms with Crippen LogP contribution in [0.5, 0.6) is 0 Å². The molecule has 0 unspecified atom stereocenters. The quantitative estimate of drug-likeness (QED) is 0.400. The summed E-state index contributed by atoms with van der Waals surface area (Å²) in [5.41, 5.74) is 0.956. The summed E-state index contributed by atoms with van der Waals surface area (Å²) in [4.78, 5) is 19.9. The summed E-state index contributed by atoms with van der Waals surface area (Å²) >= 11 is 5.76. The van der Waals surface area contributed by atoms with E-state index in [1.165, 1.54) is 0 Å². The molecule has 134 valence electrons. The molecule has 1 heterocycles. The number of carbonyl (C=O) groups is 1. The first-order chi connectivity index (χ1) is 11.8. The Morgan fingerprint density at radius 3 is 2.84 bits per heavy atom. The topological polar surface area (TPSA) is 52.1 Å². The van der Waals surface area contributed by atoms with Crippen molar-refractivity contribution < 1.29 is 13.9 Å². The predicted octanol–water partition coefficient (Wildman–Crippen LogP) is 4.85. The number of ether oxygens (including phenoxy) is 1. The predicted molar refractivity (Wildman–Crippen MR) is 95.8 cm³/mol. The van der Waals surface area contributed by atoms with E-state index >= 15 is 0 Å². The molecule has 0 saturated carbocycles. The van der Waals surface area contributed by atoms with Crippen LogP contribution < -0.4 is 0 Å². The molecular weight excluding hydrogens is 343 g/mol. The van der Waals surface area contributed by atoms with Crippen LogP contribution in [0.3, 0.4) is 0 Å². The lowest BCUT2D eigenvalue weighted by molar-refractivity contribution is -0.154. The monoisotopic (exact) mass is 364 g/mol. The van der Waals surface area contributed by atoms with Gasteiger partial charge < -0.3 is 4.74 Å². The van der Waals surface area contributed by atoms with Gasteiger partial charge >= 0.3 is 5.97 Å². The van der Waals surface area contributed by atoms with Gasteiger partial charge in [0.1, 0.15) is 5.69 Å². The van der Waals surface area contributed by atoms with E-state index in [9.17, 15) is 9.18 Å². The van der Waals surface area contributed by atoms with Gasteiger partial charge in [0.25, 0.3) is 0 Å². The molecule has 1 aromatic carbocycles. The molecule has 0 bridgehead atoms. The van der Waals surface area contributed by atoms with Crippen molar-refractivity contribution in [3.8, 4) is 11.3 Å². The highest BCUT2D eigenvalue weighted by Crippen LogP contribution is 2.27. The van der Waals surface area contributed by atoms with Gasteiger partial charge in [-0.3, -0.25) is 4.79 Å². The van der Waals surface area contributed by atoms with Crippen LogP contribution in [0.2, 0.25) is 5.28 Å². The maximum atomic E-state index is 14.0. The minimum atomic E-state index is -0.672. The molecule has 0 fully saturated rings. The Morgan fingerprint density at radius 2 is 2.12 bits per heavy atom. The minimum Gasteiger partial charge on any atom is -0.465 e. The van der Waals surface area contributed by atoms with Gasteiger partial charge in [-0.1, -0.05) is 31.5 Å². The third kappa shape index (κ3) is 5.23. The second kappa shape index (κ2) is 8.39. The summed E-state index contributed by atoms with van der Waals surface area (Å²) in [6.45, 7) is 6.17. The van der Waals surface area contributed by atoms with Gasteiger partial charge in [0.2, 0.25) is 5.28 Å². The third-order valence-corrected chi connectivity index (χ3v) is 4.03. The van der Waals surface area contributed by atoms with Gasteiger partial charge in [-0.25, -0.2) is 14.4 Å². The first kappa shape index (κ1) is 19.3. The zero-order chi connectivity index (χ0) is 18.4. The maximum Gasteiger partial charge on any atom is 0.311 e. The lowest BCUT2D eigenvalue weighted by Gasteiger charge is -2.23. The Morgan fingerprint density at radius 1 is 1.36 bits per heavy atom. The standard InChI is InChI=1S/C19H22ClFN2O2/c1-4-5-9-25-17(24)19(2,3)11-13-7-6-8-14(10-13)16-15(21)12-22-18(20)23-16/h6-8,10,12H,4-5,9,11H2,1-3H3. The van der Waals surface area contributed by atoms with Gasteiger partial charge in [0.05, 0.1) is 18.2 Å². The molecule has 6 heteroatoms. The highest BCUT2D eigenvalue weighted by atomic mass is 35.5. The van der Waals surface area contributed by atoms with Crippen molar-refractivity contribution in [3.63, 3.8) is 0 Å². The van der Waals surface area contributed by atoms with Crippen molar-refractivity contribution in [1.29, 1.82) is 0 Å². The fourth-order valence-corrected chi connectivity index (χ4v) is 2.60. The molecule has 4 nitrogen and oxygen atoms in total. The number of nitrogens with zero attached hydrogens (tertiary/aromatic N) is 2. The Kier molecular flexibility index (Phi) is 6.48. The molecule has 0 N–H and O–H groups in total. The van der Waals surface area contributed by atoms with E-state index in [0.717, 1.165) is 24.6 Å². The first-order valence-corrected chi connectivity index (χ1v) is 8.66. The number of aromatic nitrogens is 2. The van der Waals surface area contributed by atoms with Crippen LogP contribution in [0, 0.1) is 11.2 Å². The second-order valence-electron chi connectivity index (χ2n) is 6.59. The second-order valence-corrected chi connectivity index (χ2v) is 6.92. The molecule has 0 aliphatic carbocycles. The summed E-state index contributed by atoms with van der Waals surface area (Å²) in [5, 5.41) is -0.0124. The van der Waals surface area contributed by atoms with E-state index in [1.54, 1.807) is 12.1 Å². The van der Waals surface area contributed by atoms with Crippen LogP contribution >= 0.6 is 11.6 Å². The molecule has 0 aliphatic heterocycles.